The Morgan fingerprint density at radius 1 is 1.50 bits per heavy atom. The van der Waals surface area contributed by atoms with E-state index in [9.17, 15) is 4.39 Å². The molecule has 0 unspecified atom stereocenters. The highest BCUT2D eigenvalue weighted by molar-refractivity contribution is 7.08. The predicted molar refractivity (Wildman–Crippen MR) is 62.3 cm³/mol. The molecule has 0 aliphatic rings. The van der Waals surface area contributed by atoms with E-state index < -0.39 is 6.67 Å². The minimum absolute atomic E-state index is 0.0818. The van der Waals surface area contributed by atoms with Crippen molar-refractivity contribution in [2.75, 3.05) is 13.3 Å². The second-order valence-electron chi connectivity index (χ2n) is 3.44. The third-order valence-electron chi connectivity index (χ3n) is 2.33. The van der Waals surface area contributed by atoms with Crippen LogP contribution in [0.25, 0.3) is 11.3 Å². The second kappa shape index (κ2) is 5.23. The molecule has 0 fully saturated rings. The monoisotopic (exact) mass is 240 g/mol. The molecule has 5 heteroatoms. The molecule has 0 atom stereocenters. The average molecular weight is 240 g/mol. The maximum absolute atomic E-state index is 12.2. The molecule has 2 aromatic heterocycles. The highest BCUT2D eigenvalue weighted by Crippen LogP contribution is 2.24. The lowest BCUT2D eigenvalue weighted by atomic mass is 10.1. The van der Waals surface area contributed by atoms with Crippen LogP contribution in [0.15, 0.2) is 23.0 Å². The first-order chi connectivity index (χ1) is 7.85. The first-order valence-electron chi connectivity index (χ1n) is 5.11. The summed E-state index contributed by atoms with van der Waals surface area (Å²) in [6.07, 6.45) is 2.36. The number of hydrogen-bond donors (Lipinski definition) is 1. The van der Waals surface area contributed by atoms with Gasteiger partial charge in [-0.3, -0.25) is 4.68 Å². The molecule has 2 heterocycles. The van der Waals surface area contributed by atoms with E-state index in [0.717, 1.165) is 16.8 Å². The summed E-state index contributed by atoms with van der Waals surface area (Å²) >= 11 is 1.60. The quantitative estimate of drug-likeness (QED) is 0.869. The van der Waals surface area contributed by atoms with E-state index in [4.69, 9.17) is 5.11 Å². The fourth-order valence-electron chi connectivity index (χ4n) is 1.61. The average Bonchev–Trinajstić information content (AvgIpc) is 2.87. The van der Waals surface area contributed by atoms with E-state index in [1.165, 1.54) is 0 Å². The molecule has 0 amide bonds. The smallest absolute Gasteiger partial charge is 0.109 e. The van der Waals surface area contributed by atoms with Gasteiger partial charge in [-0.15, -0.1) is 0 Å². The normalized spacial score (nSPS) is 10.9. The predicted octanol–water partition coefficient (Wildman–Crippen LogP) is 2.12. The number of aliphatic hydroxyl groups excluding tert-OH is 1. The van der Waals surface area contributed by atoms with E-state index in [1.54, 1.807) is 16.0 Å². The van der Waals surface area contributed by atoms with Crippen LogP contribution in [0.2, 0.25) is 0 Å². The van der Waals surface area contributed by atoms with Crippen molar-refractivity contribution in [3.63, 3.8) is 0 Å². The number of aryl methyl sites for hydroxylation is 1. The minimum atomic E-state index is -0.427. The Morgan fingerprint density at radius 2 is 2.38 bits per heavy atom. The molecule has 86 valence electrons. The van der Waals surface area contributed by atoms with Crippen LogP contribution < -0.4 is 0 Å². The molecule has 0 bridgehead atoms. The van der Waals surface area contributed by atoms with E-state index in [-0.39, 0.29) is 13.2 Å². The van der Waals surface area contributed by atoms with Crippen molar-refractivity contribution in [2.45, 2.75) is 13.0 Å². The summed E-state index contributed by atoms with van der Waals surface area (Å²) in [6.45, 7) is -0.0790. The Bertz CT molecular complexity index is 439. The Labute approximate surface area is 97.2 Å². The molecule has 0 aromatic carbocycles. The van der Waals surface area contributed by atoms with Gasteiger partial charge in [0.25, 0.3) is 0 Å². The molecule has 0 aliphatic carbocycles. The summed E-state index contributed by atoms with van der Waals surface area (Å²) in [7, 11) is 0. The van der Waals surface area contributed by atoms with Crippen molar-refractivity contribution in [1.82, 2.24) is 9.78 Å². The Balaban J connectivity index is 2.34. The van der Waals surface area contributed by atoms with Gasteiger partial charge in [-0.05, 0) is 17.9 Å². The van der Waals surface area contributed by atoms with Gasteiger partial charge in [-0.1, -0.05) is 0 Å². The zero-order valence-corrected chi connectivity index (χ0v) is 9.58. The van der Waals surface area contributed by atoms with Gasteiger partial charge in [0.05, 0.1) is 12.2 Å². The molecule has 0 saturated heterocycles. The zero-order valence-electron chi connectivity index (χ0n) is 8.77. The molecular weight excluding hydrogens is 227 g/mol. The van der Waals surface area contributed by atoms with E-state index in [0.29, 0.717) is 6.42 Å². The van der Waals surface area contributed by atoms with Crippen LogP contribution in [0.5, 0.6) is 0 Å². The molecule has 2 rings (SSSR count). The molecule has 0 aliphatic heterocycles. The summed E-state index contributed by atoms with van der Waals surface area (Å²) in [5.74, 6) is 0. The number of halogens is 1. The third kappa shape index (κ3) is 2.31. The van der Waals surface area contributed by atoms with Crippen LogP contribution in [0.3, 0.4) is 0 Å². The topological polar surface area (TPSA) is 38.0 Å². The summed E-state index contributed by atoms with van der Waals surface area (Å²) in [5.41, 5.74) is 2.85. The van der Waals surface area contributed by atoms with Crippen LogP contribution in [-0.2, 0) is 13.0 Å². The van der Waals surface area contributed by atoms with Gasteiger partial charge in [0, 0.05) is 29.3 Å². The van der Waals surface area contributed by atoms with Gasteiger partial charge in [-0.25, -0.2) is 4.39 Å². The maximum Gasteiger partial charge on any atom is 0.109 e. The molecular formula is C11H13FN2OS. The fraction of sp³-hybridized carbons (Fsp3) is 0.364. The Hall–Kier alpha value is -1.20. The van der Waals surface area contributed by atoms with Crippen LogP contribution in [-0.4, -0.2) is 28.2 Å². The summed E-state index contributed by atoms with van der Waals surface area (Å²) in [5, 5.41) is 17.3. The number of nitrogens with zero attached hydrogens (tertiary/aromatic N) is 2. The molecule has 3 nitrogen and oxygen atoms in total. The summed E-state index contributed by atoms with van der Waals surface area (Å²) < 4.78 is 13.8. The molecule has 16 heavy (non-hydrogen) atoms. The first kappa shape index (κ1) is 11.3. The van der Waals surface area contributed by atoms with Crippen LogP contribution in [0.1, 0.15) is 5.56 Å². The highest BCUT2D eigenvalue weighted by Gasteiger charge is 2.10. The van der Waals surface area contributed by atoms with E-state index in [1.807, 2.05) is 23.0 Å². The number of hydrogen-bond acceptors (Lipinski definition) is 3. The van der Waals surface area contributed by atoms with Gasteiger partial charge in [0.1, 0.15) is 6.67 Å². The summed E-state index contributed by atoms with van der Waals surface area (Å²) in [4.78, 5) is 0. The Kier molecular flexibility index (Phi) is 3.69. The van der Waals surface area contributed by atoms with Gasteiger partial charge in [0.15, 0.2) is 0 Å². The third-order valence-corrected chi connectivity index (χ3v) is 3.01. The Morgan fingerprint density at radius 3 is 3.00 bits per heavy atom. The zero-order chi connectivity index (χ0) is 11.4. The number of aromatic nitrogens is 2. The second-order valence-corrected chi connectivity index (χ2v) is 4.22. The number of alkyl halides is 1. The largest absolute Gasteiger partial charge is 0.396 e. The van der Waals surface area contributed by atoms with Gasteiger partial charge in [-0.2, -0.15) is 16.4 Å². The SMILES string of the molecule is OCCc1cn(CCF)nc1-c1ccsc1. The van der Waals surface area contributed by atoms with Crippen molar-refractivity contribution >= 4 is 11.3 Å². The van der Waals surface area contributed by atoms with Crippen molar-refractivity contribution in [1.29, 1.82) is 0 Å². The first-order valence-corrected chi connectivity index (χ1v) is 6.05. The fourth-order valence-corrected chi connectivity index (χ4v) is 2.25. The van der Waals surface area contributed by atoms with Crippen molar-refractivity contribution in [3.05, 3.63) is 28.6 Å². The van der Waals surface area contributed by atoms with Crippen molar-refractivity contribution in [3.8, 4) is 11.3 Å². The number of rotatable bonds is 5. The molecule has 0 spiro atoms. The standard InChI is InChI=1S/C11H13FN2OS/c12-3-4-14-7-9(1-5-15)11(13-14)10-2-6-16-8-10/h2,6-8,15H,1,3-5H2. The minimum Gasteiger partial charge on any atom is -0.396 e. The van der Waals surface area contributed by atoms with E-state index >= 15 is 0 Å². The van der Waals surface area contributed by atoms with Gasteiger partial charge in [0.2, 0.25) is 0 Å². The van der Waals surface area contributed by atoms with Crippen molar-refractivity contribution < 1.29 is 9.50 Å². The van der Waals surface area contributed by atoms with Crippen LogP contribution in [0.4, 0.5) is 4.39 Å². The lowest BCUT2D eigenvalue weighted by molar-refractivity contribution is 0.299. The molecule has 0 radical (unpaired) electrons. The lowest BCUT2D eigenvalue weighted by Crippen LogP contribution is -1.99. The van der Waals surface area contributed by atoms with Gasteiger partial charge < -0.3 is 5.11 Å². The summed E-state index contributed by atoms with van der Waals surface area (Å²) in [6, 6.07) is 1.98. The van der Waals surface area contributed by atoms with Crippen LogP contribution in [0, 0.1) is 0 Å². The maximum atomic E-state index is 12.2. The van der Waals surface area contributed by atoms with Crippen molar-refractivity contribution in [2.24, 2.45) is 0 Å². The van der Waals surface area contributed by atoms with Gasteiger partial charge >= 0.3 is 0 Å². The number of thiophene rings is 1. The molecule has 1 N–H and O–H groups in total. The molecule has 0 saturated carbocycles. The lowest BCUT2D eigenvalue weighted by Gasteiger charge is -1.96. The van der Waals surface area contributed by atoms with E-state index in [2.05, 4.69) is 5.10 Å². The molecule has 2 aromatic rings. The highest BCUT2D eigenvalue weighted by atomic mass is 32.1. The van der Waals surface area contributed by atoms with Crippen LogP contribution >= 0.6 is 11.3 Å². The number of aliphatic hydroxyl groups is 1.